The van der Waals surface area contributed by atoms with Crippen LogP contribution in [0.1, 0.15) is 60.8 Å². The lowest BCUT2D eigenvalue weighted by Gasteiger charge is -2.24. The molecule has 1 aromatic carbocycles. The summed E-state index contributed by atoms with van der Waals surface area (Å²) < 4.78 is 5.27. The number of rotatable bonds is 6. The molecule has 6 nitrogen and oxygen atoms in total. The van der Waals surface area contributed by atoms with Crippen LogP contribution >= 0.6 is 0 Å². The smallest absolute Gasteiger partial charge is 0.253 e. The highest BCUT2D eigenvalue weighted by atomic mass is 16.5. The maximum absolute atomic E-state index is 12.6. The van der Waals surface area contributed by atoms with Gasteiger partial charge in [-0.15, -0.1) is 0 Å². The summed E-state index contributed by atoms with van der Waals surface area (Å²) in [6.45, 7) is 4.45. The van der Waals surface area contributed by atoms with Crippen LogP contribution in [0.3, 0.4) is 0 Å². The summed E-state index contributed by atoms with van der Waals surface area (Å²) in [5.74, 6) is 1.18. The van der Waals surface area contributed by atoms with Crippen molar-refractivity contribution in [2.75, 3.05) is 12.4 Å². The minimum atomic E-state index is -0.101. The number of nitrogens with one attached hydrogen (secondary N) is 1. The molecule has 3 rings (SSSR count). The number of hydrogen-bond donors (Lipinski definition) is 1. The third-order valence-electron chi connectivity index (χ3n) is 4.77. The van der Waals surface area contributed by atoms with Gasteiger partial charge in [0.1, 0.15) is 11.5 Å². The van der Waals surface area contributed by atoms with Gasteiger partial charge in [-0.1, -0.05) is 25.4 Å². The molecule has 0 radical (unpaired) electrons. The van der Waals surface area contributed by atoms with E-state index < -0.39 is 0 Å². The summed E-state index contributed by atoms with van der Waals surface area (Å²) in [4.78, 5) is 26.1. The van der Waals surface area contributed by atoms with Crippen LogP contribution in [-0.4, -0.2) is 28.9 Å². The van der Waals surface area contributed by atoms with Crippen LogP contribution in [0.5, 0.6) is 0 Å². The molecule has 1 aliphatic carbocycles. The van der Waals surface area contributed by atoms with Crippen molar-refractivity contribution in [2.45, 2.75) is 45.6 Å². The molecule has 1 aromatic heterocycles. The lowest BCUT2D eigenvalue weighted by atomic mass is 9.85. The Hall–Kier alpha value is -2.63. The molecular weight excluding hydrogens is 330 g/mol. The summed E-state index contributed by atoms with van der Waals surface area (Å²) in [5.41, 5.74) is 2.02. The number of benzene rings is 1. The van der Waals surface area contributed by atoms with Gasteiger partial charge in [-0.05, 0) is 37.1 Å². The van der Waals surface area contributed by atoms with E-state index in [-0.39, 0.29) is 23.7 Å². The second-order valence-electron chi connectivity index (χ2n) is 7.23. The minimum Gasteiger partial charge on any atom is -0.361 e. The maximum atomic E-state index is 12.6. The van der Waals surface area contributed by atoms with Crippen molar-refractivity contribution >= 4 is 17.5 Å². The molecule has 2 amide bonds. The van der Waals surface area contributed by atoms with E-state index >= 15 is 0 Å². The monoisotopic (exact) mass is 355 g/mol. The predicted molar refractivity (Wildman–Crippen MR) is 98.8 cm³/mol. The van der Waals surface area contributed by atoms with E-state index in [9.17, 15) is 9.59 Å². The molecule has 1 saturated carbocycles. The van der Waals surface area contributed by atoms with Gasteiger partial charge in [-0.25, -0.2) is 0 Å². The fourth-order valence-corrected chi connectivity index (χ4v) is 2.82. The van der Waals surface area contributed by atoms with E-state index in [1.54, 1.807) is 36.2 Å². The first-order valence-electron chi connectivity index (χ1n) is 9.06. The second kappa shape index (κ2) is 7.72. The highest BCUT2D eigenvalue weighted by Crippen LogP contribution is 2.27. The Balaban J connectivity index is 1.58. The van der Waals surface area contributed by atoms with Crippen LogP contribution < -0.4 is 5.32 Å². The van der Waals surface area contributed by atoms with E-state index in [1.165, 1.54) is 0 Å². The molecule has 1 heterocycles. The van der Waals surface area contributed by atoms with Gasteiger partial charge in [-0.3, -0.25) is 9.59 Å². The summed E-state index contributed by atoms with van der Waals surface area (Å²) in [6.07, 6.45) is 3.06. The quantitative estimate of drug-likeness (QED) is 0.855. The Morgan fingerprint density at radius 3 is 2.50 bits per heavy atom. The first-order valence-corrected chi connectivity index (χ1v) is 9.06. The lowest BCUT2D eigenvalue weighted by molar-refractivity contribution is -0.122. The SMILES string of the molecule is CC(C)c1cc(CN(C)C(=O)c2ccc(NC(=O)C3CCC3)cc2)no1. The number of carbonyl (C=O) groups excluding carboxylic acids is 2. The summed E-state index contributed by atoms with van der Waals surface area (Å²) in [7, 11) is 1.73. The first-order chi connectivity index (χ1) is 12.4. The topological polar surface area (TPSA) is 75.4 Å². The van der Waals surface area contributed by atoms with Gasteiger partial charge < -0.3 is 14.7 Å². The van der Waals surface area contributed by atoms with Crippen molar-refractivity contribution < 1.29 is 14.1 Å². The van der Waals surface area contributed by atoms with Gasteiger partial charge in [0, 0.05) is 36.2 Å². The third kappa shape index (κ3) is 4.12. The molecule has 0 aliphatic heterocycles. The van der Waals surface area contributed by atoms with Gasteiger partial charge in [0.15, 0.2) is 0 Å². The van der Waals surface area contributed by atoms with Gasteiger partial charge in [0.05, 0.1) is 6.54 Å². The van der Waals surface area contributed by atoms with Gasteiger partial charge in [0.25, 0.3) is 5.91 Å². The number of amides is 2. The second-order valence-corrected chi connectivity index (χ2v) is 7.23. The molecule has 0 bridgehead atoms. The molecule has 26 heavy (non-hydrogen) atoms. The zero-order valence-electron chi connectivity index (χ0n) is 15.5. The molecular formula is C20H25N3O3. The zero-order valence-corrected chi connectivity index (χ0v) is 15.5. The Kier molecular flexibility index (Phi) is 5.40. The molecule has 6 heteroatoms. The maximum Gasteiger partial charge on any atom is 0.253 e. The van der Waals surface area contributed by atoms with Crippen LogP contribution in [-0.2, 0) is 11.3 Å². The number of nitrogens with zero attached hydrogens (tertiary/aromatic N) is 2. The normalized spacial score (nSPS) is 14.2. The van der Waals surface area contributed by atoms with Crippen molar-refractivity contribution in [3.05, 3.63) is 47.3 Å². The van der Waals surface area contributed by atoms with E-state index in [4.69, 9.17) is 4.52 Å². The molecule has 138 valence electrons. The molecule has 0 saturated heterocycles. The molecule has 1 N–H and O–H groups in total. The largest absolute Gasteiger partial charge is 0.361 e. The highest BCUT2D eigenvalue weighted by Gasteiger charge is 2.25. The number of carbonyl (C=O) groups is 2. The third-order valence-corrected chi connectivity index (χ3v) is 4.77. The number of hydrogen-bond acceptors (Lipinski definition) is 4. The molecule has 0 spiro atoms. The summed E-state index contributed by atoms with van der Waals surface area (Å²) in [6, 6.07) is 8.89. The first kappa shape index (κ1) is 18.2. The van der Waals surface area contributed by atoms with Crippen molar-refractivity contribution in [3.63, 3.8) is 0 Å². The Morgan fingerprint density at radius 1 is 1.27 bits per heavy atom. The van der Waals surface area contributed by atoms with Gasteiger partial charge >= 0.3 is 0 Å². The fraction of sp³-hybridized carbons (Fsp3) is 0.450. The van der Waals surface area contributed by atoms with Crippen LogP contribution in [0.15, 0.2) is 34.9 Å². The van der Waals surface area contributed by atoms with E-state index in [2.05, 4.69) is 10.5 Å². The van der Waals surface area contributed by atoms with Crippen molar-refractivity contribution in [3.8, 4) is 0 Å². The Labute approximate surface area is 153 Å². The average Bonchev–Trinajstić information content (AvgIpc) is 3.02. The molecule has 1 fully saturated rings. The predicted octanol–water partition coefficient (Wildman–Crippen LogP) is 3.81. The number of anilines is 1. The fourth-order valence-electron chi connectivity index (χ4n) is 2.82. The molecule has 2 aromatic rings. The summed E-state index contributed by atoms with van der Waals surface area (Å²) in [5, 5.41) is 6.92. The van der Waals surface area contributed by atoms with Crippen LogP contribution in [0, 0.1) is 5.92 Å². The highest BCUT2D eigenvalue weighted by molar-refractivity contribution is 5.96. The Morgan fingerprint density at radius 2 is 1.96 bits per heavy atom. The molecule has 1 aliphatic rings. The van der Waals surface area contributed by atoms with Crippen LogP contribution in [0.4, 0.5) is 5.69 Å². The van der Waals surface area contributed by atoms with Crippen molar-refractivity contribution in [1.82, 2.24) is 10.1 Å². The number of aromatic nitrogens is 1. The standard InChI is InChI=1S/C20H25N3O3/c1-13(2)18-11-17(22-26-18)12-23(3)20(25)15-7-9-16(10-8-15)21-19(24)14-5-4-6-14/h7-11,13-14H,4-6,12H2,1-3H3,(H,21,24). The van der Waals surface area contributed by atoms with Crippen LogP contribution in [0.2, 0.25) is 0 Å². The van der Waals surface area contributed by atoms with E-state index in [0.29, 0.717) is 12.1 Å². The van der Waals surface area contributed by atoms with E-state index in [1.807, 2.05) is 19.9 Å². The van der Waals surface area contributed by atoms with Crippen molar-refractivity contribution in [1.29, 1.82) is 0 Å². The minimum absolute atomic E-state index is 0.0689. The van der Waals surface area contributed by atoms with Crippen molar-refractivity contribution in [2.24, 2.45) is 5.92 Å². The Bertz CT molecular complexity index is 776. The van der Waals surface area contributed by atoms with Crippen LogP contribution in [0.25, 0.3) is 0 Å². The van der Waals surface area contributed by atoms with Gasteiger partial charge in [-0.2, -0.15) is 0 Å². The molecule has 0 atom stereocenters. The molecule has 0 unspecified atom stereocenters. The lowest BCUT2D eigenvalue weighted by Crippen LogP contribution is -2.28. The van der Waals surface area contributed by atoms with Gasteiger partial charge in [0.2, 0.25) is 5.91 Å². The average molecular weight is 355 g/mol. The summed E-state index contributed by atoms with van der Waals surface area (Å²) >= 11 is 0. The zero-order chi connectivity index (χ0) is 18.7. The van der Waals surface area contributed by atoms with E-state index in [0.717, 1.165) is 36.4 Å².